The average Bonchev–Trinajstić information content (AvgIpc) is 3.18. The van der Waals surface area contributed by atoms with Crippen LogP contribution in [0.25, 0.3) is 21.8 Å². The number of aromatic nitrogens is 1. The van der Waals surface area contributed by atoms with E-state index >= 15 is 0 Å². The Bertz CT molecular complexity index is 1700. The summed E-state index contributed by atoms with van der Waals surface area (Å²) in [5.74, 6) is 0. The van der Waals surface area contributed by atoms with Crippen LogP contribution in [0, 0.1) is 0 Å². The molecule has 0 N–H and O–H groups in total. The minimum atomic E-state index is -2.90. The maximum absolute atomic E-state index is 7.56. The van der Waals surface area contributed by atoms with Gasteiger partial charge in [-0.1, -0.05) is 114 Å². The predicted molar refractivity (Wildman–Crippen MR) is 162 cm³/mol. The van der Waals surface area contributed by atoms with Crippen molar-refractivity contribution < 1.29 is 0 Å². The van der Waals surface area contributed by atoms with Gasteiger partial charge < -0.3 is 0 Å². The van der Waals surface area contributed by atoms with Crippen molar-refractivity contribution in [3.63, 3.8) is 0 Å². The van der Waals surface area contributed by atoms with Gasteiger partial charge >= 0.3 is 0 Å². The third-order valence-electron chi connectivity index (χ3n) is 7.88. The summed E-state index contributed by atoms with van der Waals surface area (Å²) in [6.07, 6.45) is 1.93. The van der Waals surface area contributed by atoms with E-state index in [1.807, 2.05) is 22.3 Å². The number of fused-ring (bicyclic) bond motifs is 5. The Hall–Kier alpha value is -3.01. The lowest BCUT2D eigenvalue weighted by Gasteiger charge is -2.38. The lowest BCUT2D eigenvalue weighted by Crippen LogP contribution is -2.75. The number of halogens is 3. The van der Waals surface area contributed by atoms with Gasteiger partial charge in [-0.3, -0.25) is 4.09 Å². The lowest BCUT2D eigenvalue weighted by atomic mass is 9.86. The number of rotatable bonds is 4. The molecule has 180 valence electrons. The fraction of sp³-hybridized carbons (Fsp3) is 0.0625. The molecule has 0 radical (unpaired) electrons. The van der Waals surface area contributed by atoms with Crippen molar-refractivity contribution in [2.24, 2.45) is 0 Å². The van der Waals surface area contributed by atoms with E-state index < -0.39 is 8.07 Å². The van der Waals surface area contributed by atoms with Crippen molar-refractivity contribution in [3.8, 4) is 0 Å². The molecular formula is C32H22Cl3NSi. The van der Waals surface area contributed by atoms with Crippen LogP contribution in [0.1, 0.15) is 11.1 Å². The summed E-state index contributed by atoms with van der Waals surface area (Å²) in [4.78, 5) is 0. The molecule has 5 heteroatoms. The maximum atomic E-state index is 7.56. The molecule has 1 aromatic heterocycles. The Labute approximate surface area is 232 Å². The number of hydrogen-bond donors (Lipinski definition) is 0. The van der Waals surface area contributed by atoms with Crippen LogP contribution in [0.3, 0.4) is 0 Å². The molecule has 0 bridgehead atoms. The largest absolute Gasteiger partial charge is 0.252 e. The molecule has 0 fully saturated rings. The summed E-state index contributed by atoms with van der Waals surface area (Å²) in [5, 5.41) is 8.78. The van der Waals surface area contributed by atoms with Crippen LogP contribution in [0.4, 0.5) is 0 Å². The lowest BCUT2D eigenvalue weighted by molar-refractivity contribution is 0.849. The molecule has 0 atom stereocenters. The molecule has 7 rings (SSSR count). The third kappa shape index (κ3) is 3.23. The van der Waals surface area contributed by atoms with E-state index in [0.29, 0.717) is 5.02 Å². The van der Waals surface area contributed by atoms with Gasteiger partial charge in [0.05, 0.1) is 11.0 Å². The summed E-state index contributed by atoms with van der Waals surface area (Å²) in [6, 6.07) is 38.6. The summed E-state index contributed by atoms with van der Waals surface area (Å²) in [6.45, 7) is 0. The van der Waals surface area contributed by atoms with Crippen LogP contribution >= 0.6 is 35.0 Å². The number of hydrogen-bond acceptors (Lipinski definition) is 0. The molecule has 5 aromatic carbocycles. The molecule has 0 amide bonds. The van der Waals surface area contributed by atoms with Crippen LogP contribution in [0.15, 0.2) is 109 Å². The third-order valence-corrected chi connectivity index (χ3v) is 13.9. The van der Waals surface area contributed by atoms with Crippen LogP contribution < -0.4 is 20.7 Å². The Morgan fingerprint density at radius 3 is 1.62 bits per heavy atom. The predicted octanol–water partition coefficient (Wildman–Crippen LogP) is 6.58. The first kappa shape index (κ1) is 23.1. The SMILES string of the molecule is Clc1ccc2c(c1)c1c([Si](c3ccccc3)(c3ccccc3)c3ccccc3)c(Cl)c3c(c1n2Cl)CC3. The van der Waals surface area contributed by atoms with E-state index in [-0.39, 0.29) is 0 Å². The summed E-state index contributed by atoms with van der Waals surface area (Å²) in [5.41, 5.74) is 4.50. The molecule has 37 heavy (non-hydrogen) atoms. The zero-order valence-electron chi connectivity index (χ0n) is 19.9. The van der Waals surface area contributed by atoms with E-state index in [0.717, 1.165) is 39.7 Å². The second-order valence-electron chi connectivity index (χ2n) is 9.66. The standard InChI is InChI=1S/C32H22Cl3NSi/c33-21-16-19-28-27(20-21)29-31(36(28)35)26-18-17-25(26)30(34)32(29)37(22-10-4-1-5-11-22,23-12-6-2-7-13-23)24-14-8-3-9-15-24/h1-16,19-20H,17-18H2. The Balaban J connectivity index is 1.79. The molecule has 6 aromatic rings. The molecular weight excluding hydrogens is 533 g/mol. The van der Waals surface area contributed by atoms with E-state index in [1.165, 1.54) is 31.9 Å². The molecule has 0 aliphatic heterocycles. The molecule has 0 saturated carbocycles. The first-order chi connectivity index (χ1) is 18.1. The van der Waals surface area contributed by atoms with Crippen molar-refractivity contribution in [2.75, 3.05) is 0 Å². The number of benzene rings is 5. The van der Waals surface area contributed by atoms with Crippen molar-refractivity contribution in [1.82, 2.24) is 4.09 Å². The smallest absolute Gasteiger partial charge is 0.182 e. The highest BCUT2D eigenvalue weighted by Gasteiger charge is 2.46. The van der Waals surface area contributed by atoms with Crippen molar-refractivity contribution in [1.29, 1.82) is 0 Å². The van der Waals surface area contributed by atoms with Crippen LogP contribution in [0.5, 0.6) is 0 Å². The average molecular weight is 555 g/mol. The molecule has 1 heterocycles. The van der Waals surface area contributed by atoms with Gasteiger partial charge in [0, 0.05) is 32.6 Å². The van der Waals surface area contributed by atoms with E-state index in [4.69, 9.17) is 35.0 Å². The fourth-order valence-corrected chi connectivity index (χ4v) is 12.5. The quantitative estimate of drug-likeness (QED) is 0.171. The van der Waals surface area contributed by atoms with Crippen LogP contribution in [-0.2, 0) is 12.8 Å². The number of aryl methyl sites for hydroxylation is 1. The first-order valence-electron chi connectivity index (χ1n) is 12.4. The Morgan fingerprint density at radius 1 is 0.622 bits per heavy atom. The van der Waals surface area contributed by atoms with E-state index in [1.54, 1.807) is 0 Å². The van der Waals surface area contributed by atoms with Gasteiger partial charge in [-0.15, -0.1) is 0 Å². The molecule has 0 spiro atoms. The van der Waals surface area contributed by atoms with Gasteiger partial charge in [0.25, 0.3) is 0 Å². The Kier molecular flexibility index (Phi) is 5.49. The van der Waals surface area contributed by atoms with Gasteiger partial charge in [-0.05, 0) is 62.9 Å². The summed E-state index contributed by atoms with van der Waals surface area (Å²) < 4.78 is 1.83. The monoisotopic (exact) mass is 553 g/mol. The summed E-state index contributed by atoms with van der Waals surface area (Å²) >= 11 is 21.3. The maximum Gasteiger partial charge on any atom is 0.182 e. The number of nitrogens with zero attached hydrogens (tertiary/aromatic N) is 1. The van der Waals surface area contributed by atoms with Crippen molar-refractivity contribution in [3.05, 3.63) is 130 Å². The molecule has 0 unspecified atom stereocenters. The highest BCUT2D eigenvalue weighted by Crippen LogP contribution is 2.42. The summed E-state index contributed by atoms with van der Waals surface area (Å²) in [7, 11) is -2.90. The van der Waals surface area contributed by atoms with Gasteiger partial charge in [0.2, 0.25) is 0 Å². The molecule has 1 nitrogen and oxygen atoms in total. The zero-order chi connectivity index (χ0) is 25.1. The highest BCUT2D eigenvalue weighted by atomic mass is 35.5. The Morgan fingerprint density at radius 2 is 1.14 bits per heavy atom. The fourth-order valence-electron chi connectivity index (χ4n) is 6.24. The van der Waals surface area contributed by atoms with Crippen LogP contribution in [0.2, 0.25) is 10.0 Å². The van der Waals surface area contributed by atoms with Crippen molar-refractivity contribution >= 4 is 85.6 Å². The van der Waals surface area contributed by atoms with E-state index in [2.05, 4.69) is 91.0 Å². The van der Waals surface area contributed by atoms with Crippen LogP contribution in [-0.4, -0.2) is 12.2 Å². The second-order valence-corrected chi connectivity index (χ2v) is 14.5. The first-order valence-corrected chi connectivity index (χ1v) is 15.5. The molecule has 1 aliphatic carbocycles. The van der Waals surface area contributed by atoms with E-state index in [9.17, 15) is 0 Å². The van der Waals surface area contributed by atoms with Gasteiger partial charge in [0.15, 0.2) is 8.07 Å². The topological polar surface area (TPSA) is 4.93 Å². The van der Waals surface area contributed by atoms with Crippen molar-refractivity contribution in [2.45, 2.75) is 12.8 Å². The van der Waals surface area contributed by atoms with Gasteiger partial charge in [-0.25, -0.2) is 0 Å². The zero-order valence-corrected chi connectivity index (χ0v) is 23.2. The van der Waals surface area contributed by atoms with Gasteiger partial charge in [-0.2, -0.15) is 0 Å². The van der Waals surface area contributed by atoms with Gasteiger partial charge in [0.1, 0.15) is 0 Å². The second kappa shape index (κ2) is 8.78. The minimum Gasteiger partial charge on any atom is -0.252 e. The highest BCUT2D eigenvalue weighted by molar-refractivity contribution is 7.21. The minimum absolute atomic E-state index is 0.688. The molecule has 1 aliphatic rings. The normalized spacial score (nSPS) is 13.1. The molecule has 0 saturated heterocycles.